The Labute approximate surface area is 101 Å². The Morgan fingerprint density at radius 3 is 2.81 bits per heavy atom. The van der Waals surface area contributed by atoms with Gasteiger partial charge in [-0.1, -0.05) is 33.1 Å². The molecule has 1 aliphatic rings. The Hall–Kier alpha value is -0.0800. The second-order valence-electron chi connectivity index (χ2n) is 5.24. The highest BCUT2D eigenvalue weighted by Gasteiger charge is 2.25. The monoisotopic (exact) mass is 227 g/mol. The van der Waals surface area contributed by atoms with E-state index in [2.05, 4.69) is 12.2 Å². The van der Waals surface area contributed by atoms with Gasteiger partial charge in [0, 0.05) is 6.04 Å². The topological polar surface area (TPSA) is 32.3 Å². The predicted octanol–water partition coefficient (Wildman–Crippen LogP) is 3.10. The summed E-state index contributed by atoms with van der Waals surface area (Å²) >= 11 is 0. The lowest BCUT2D eigenvalue weighted by Crippen LogP contribution is -2.34. The van der Waals surface area contributed by atoms with E-state index in [1.54, 1.807) is 0 Å². The van der Waals surface area contributed by atoms with Gasteiger partial charge in [0.1, 0.15) is 0 Å². The molecule has 0 saturated heterocycles. The molecule has 2 heteroatoms. The molecule has 0 aromatic carbocycles. The quantitative estimate of drug-likeness (QED) is 0.668. The zero-order valence-electron chi connectivity index (χ0n) is 11.0. The number of unbranched alkanes of at least 4 members (excludes halogenated alkanes) is 1. The summed E-state index contributed by atoms with van der Waals surface area (Å²) in [6.45, 7) is 5.31. The maximum Gasteiger partial charge on any atom is 0.0549 e. The Balaban J connectivity index is 2.14. The molecule has 0 amide bonds. The molecular weight excluding hydrogens is 198 g/mol. The third-order valence-corrected chi connectivity index (χ3v) is 3.94. The Bertz CT molecular complexity index is 172. The molecule has 3 unspecified atom stereocenters. The van der Waals surface area contributed by atoms with Crippen molar-refractivity contribution in [1.29, 1.82) is 0 Å². The van der Waals surface area contributed by atoms with E-state index in [-0.39, 0.29) is 6.10 Å². The number of aliphatic hydroxyl groups excluding tert-OH is 1. The molecule has 0 aliphatic heterocycles. The summed E-state index contributed by atoms with van der Waals surface area (Å²) in [6.07, 6.45) is 9.91. The third kappa shape index (κ3) is 4.84. The van der Waals surface area contributed by atoms with E-state index in [1.165, 1.54) is 38.5 Å². The Kier molecular flexibility index (Phi) is 7.06. The van der Waals surface area contributed by atoms with Gasteiger partial charge in [0.25, 0.3) is 0 Å². The fraction of sp³-hybridized carbons (Fsp3) is 1.00. The lowest BCUT2D eigenvalue weighted by Gasteiger charge is -2.21. The Morgan fingerprint density at radius 2 is 2.12 bits per heavy atom. The molecule has 16 heavy (non-hydrogen) atoms. The molecule has 0 radical (unpaired) electrons. The van der Waals surface area contributed by atoms with Gasteiger partial charge in [0.05, 0.1) is 6.10 Å². The average molecular weight is 227 g/mol. The van der Waals surface area contributed by atoms with Crippen molar-refractivity contribution in [1.82, 2.24) is 5.32 Å². The van der Waals surface area contributed by atoms with Crippen LogP contribution < -0.4 is 5.32 Å². The molecule has 0 spiro atoms. The van der Waals surface area contributed by atoms with Crippen LogP contribution in [0, 0.1) is 5.92 Å². The zero-order valence-corrected chi connectivity index (χ0v) is 11.0. The molecule has 0 bridgehead atoms. The standard InChI is InChI=1S/C14H29NO/c1-3-5-7-12-8-6-9-14(12)15-11-10-13(16)4-2/h12-16H,3-11H2,1-2H3. The van der Waals surface area contributed by atoms with Crippen LogP contribution in [0.15, 0.2) is 0 Å². The minimum atomic E-state index is -0.108. The minimum absolute atomic E-state index is 0.108. The summed E-state index contributed by atoms with van der Waals surface area (Å²) in [5.41, 5.74) is 0. The first-order valence-electron chi connectivity index (χ1n) is 7.19. The molecule has 2 N–H and O–H groups in total. The summed E-state index contributed by atoms with van der Waals surface area (Å²) in [7, 11) is 0. The van der Waals surface area contributed by atoms with E-state index in [0.29, 0.717) is 0 Å². The van der Waals surface area contributed by atoms with Gasteiger partial charge >= 0.3 is 0 Å². The molecule has 0 heterocycles. The highest BCUT2D eigenvalue weighted by atomic mass is 16.3. The van der Waals surface area contributed by atoms with E-state index >= 15 is 0 Å². The van der Waals surface area contributed by atoms with Crippen molar-refractivity contribution in [2.24, 2.45) is 5.92 Å². The molecule has 96 valence electrons. The van der Waals surface area contributed by atoms with Crippen molar-refractivity contribution in [2.75, 3.05) is 6.54 Å². The van der Waals surface area contributed by atoms with Crippen molar-refractivity contribution >= 4 is 0 Å². The van der Waals surface area contributed by atoms with Gasteiger partial charge in [0.2, 0.25) is 0 Å². The first-order valence-corrected chi connectivity index (χ1v) is 7.19. The number of aliphatic hydroxyl groups is 1. The summed E-state index contributed by atoms with van der Waals surface area (Å²) in [6, 6.07) is 0.732. The maximum atomic E-state index is 9.50. The molecule has 3 atom stereocenters. The second-order valence-corrected chi connectivity index (χ2v) is 5.24. The van der Waals surface area contributed by atoms with Crippen LogP contribution in [-0.2, 0) is 0 Å². The fourth-order valence-corrected chi connectivity index (χ4v) is 2.76. The van der Waals surface area contributed by atoms with Crippen molar-refractivity contribution in [2.45, 2.75) is 77.4 Å². The Morgan fingerprint density at radius 1 is 1.31 bits per heavy atom. The van der Waals surface area contributed by atoms with Gasteiger partial charge in [-0.05, 0) is 44.6 Å². The van der Waals surface area contributed by atoms with Crippen molar-refractivity contribution in [3.8, 4) is 0 Å². The van der Waals surface area contributed by atoms with Crippen molar-refractivity contribution in [3.63, 3.8) is 0 Å². The van der Waals surface area contributed by atoms with Gasteiger partial charge < -0.3 is 10.4 Å². The summed E-state index contributed by atoms with van der Waals surface area (Å²) in [5, 5.41) is 13.1. The van der Waals surface area contributed by atoms with Gasteiger partial charge in [0.15, 0.2) is 0 Å². The molecule has 1 saturated carbocycles. The van der Waals surface area contributed by atoms with E-state index < -0.39 is 0 Å². The van der Waals surface area contributed by atoms with Gasteiger partial charge in [-0.3, -0.25) is 0 Å². The smallest absolute Gasteiger partial charge is 0.0549 e. The lowest BCUT2D eigenvalue weighted by atomic mass is 9.96. The van der Waals surface area contributed by atoms with E-state index in [0.717, 1.165) is 31.3 Å². The lowest BCUT2D eigenvalue weighted by molar-refractivity contribution is 0.157. The molecule has 0 aromatic rings. The average Bonchev–Trinajstić information content (AvgIpc) is 2.73. The molecule has 1 fully saturated rings. The van der Waals surface area contributed by atoms with Crippen LogP contribution in [0.5, 0.6) is 0 Å². The van der Waals surface area contributed by atoms with E-state index in [1.807, 2.05) is 6.92 Å². The van der Waals surface area contributed by atoms with Gasteiger partial charge in [-0.2, -0.15) is 0 Å². The third-order valence-electron chi connectivity index (χ3n) is 3.94. The molecule has 0 aromatic heterocycles. The highest BCUT2D eigenvalue weighted by Crippen LogP contribution is 2.29. The van der Waals surface area contributed by atoms with Crippen LogP contribution >= 0.6 is 0 Å². The SMILES string of the molecule is CCCCC1CCCC1NCCC(O)CC. The number of rotatable bonds is 8. The zero-order chi connectivity index (χ0) is 11.8. The second kappa shape index (κ2) is 8.08. The summed E-state index contributed by atoms with van der Waals surface area (Å²) in [5.74, 6) is 0.902. The number of hydrogen-bond donors (Lipinski definition) is 2. The van der Waals surface area contributed by atoms with Crippen molar-refractivity contribution < 1.29 is 5.11 Å². The van der Waals surface area contributed by atoms with Crippen LogP contribution in [-0.4, -0.2) is 23.8 Å². The maximum absolute atomic E-state index is 9.50. The van der Waals surface area contributed by atoms with Gasteiger partial charge in [-0.25, -0.2) is 0 Å². The van der Waals surface area contributed by atoms with Crippen LogP contribution in [0.2, 0.25) is 0 Å². The summed E-state index contributed by atoms with van der Waals surface area (Å²) < 4.78 is 0. The fourth-order valence-electron chi connectivity index (χ4n) is 2.76. The normalized spacial score (nSPS) is 27.2. The van der Waals surface area contributed by atoms with Crippen LogP contribution in [0.3, 0.4) is 0 Å². The largest absolute Gasteiger partial charge is 0.393 e. The number of nitrogens with one attached hydrogen (secondary N) is 1. The first-order chi connectivity index (χ1) is 7.77. The first kappa shape index (κ1) is 14.0. The summed E-state index contributed by atoms with van der Waals surface area (Å²) in [4.78, 5) is 0. The molecule has 1 rings (SSSR count). The number of hydrogen-bond acceptors (Lipinski definition) is 2. The van der Waals surface area contributed by atoms with E-state index in [4.69, 9.17) is 0 Å². The van der Waals surface area contributed by atoms with E-state index in [9.17, 15) is 5.11 Å². The van der Waals surface area contributed by atoms with Crippen LogP contribution in [0.25, 0.3) is 0 Å². The predicted molar refractivity (Wildman–Crippen MR) is 69.6 cm³/mol. The van der Waals surface area contributed by atoms with Crippen LogP contribution in [0.4, 0.5) is 0 Å². The van der Waals surface area contributed by atoms with Crippen LogP contribution in [0.1, 0.15) is 65.2 Å². The minimum Gasteiger partial charge on any atom is -0.393 e. The van der Waals surface area contributed by atoms with Crippen molar-refractivity contribution in [3.05, 3.63) is 0 Å². The highest BCUT2D eigenvalue weighted by molar-refractivity contribution is 4.83. The van der Waals surface area contributed by atoms with Gasteiger partial charge in [-0.15, -0.1) is 0 Å². The molecule has 2 nitrogen and oxygen atoms in total. The molecule has 1 aliphatic carbocycles. The molecular formula is C14H29NO.